The molecule has 0 bridgehead atoms. The van der Waals surface area contributed by atoms with Gasteiger partial charge in [0.2, 0.25) is 5.91 Å². The number of hydrogen-bond donors (Lipinski definition) is 2. The zero-order valence-electron chi connectivity index (χ0n) is 38.7. The van der Waals surface area contributed by atoms with E-state index in [2.05, 4.69) is 92.1 Å². The Hall–Kier alpha value is -2.06. The molecule has 8 nitrogen and oxygen atoms in total. The van der Waals surface area contributed by atoms with Crippen LogP contribution in [0.1, 0.15) is 187 Å². The average molecular weight is 847 g/mol. The Kier molecular flexibility index (Phi) is 39.9. The molecule has 0 aliphatic carbocycles. The van der Waals surface area contributed by atoms with Gasteiger partial charge in [0, 0.05) is 6.42 Å². The van der Waals surface area contributed by atoms with E-state index in [1.165, 1.54) is 77.0 Å². The average Bonchev–Trinajstić information content (AvgIpc) is 3.19. The molecule has 0 aromatic rings. The van der Waals surface area contributed by atoms with Gasteiger partial charge in [-0.25, -0.2) is 0 Å². The number of phosphoric acid groups is 1. The number of quaternary nitrogens is 1. The van der Waals surface area contributed by atoms with Crippen LogP contribution < -0.4 is 10.2 Å². The number of nitrogens with zero attached hydrogens (tertiary/aromatic N) is 1. The lowest BCUT2D eigenvalue weighted by Gasteiger charge is -2.30. The normalized spacial score (nSPS) is 14.9. The molecule has 0 fully saturated rings. The van der Waals surface area contributed by atoms with E-state index < -0.39 is 20.0 Å². The van der Waals surface area contributed by atoms with Crippen LogP contribution >= 0.6 is 7.82 Å². The molecule has 2 N–H and O–H groups in total. The van der Waals surface area contributed by atoms with Crippen LogP contribution in [0, 0.1) is 0 Å². The van der Waals surface area contributed by atoms with Gasteiger partial charge in [-0.05, 0) is 64.2 Å². The molecule has 0 radical (unpaired) electrons. The predicted molar refractivity (Wildman–Crippen MR) is 251 cm³/mol. The van der Waals surface area contributed by atoms with Gasteiger partial charge in [-0.2, -0.15) is 0 Å². The second-order valence-corrected chi connectivity index (χ2v) is 18.5. The summed E-state index contributed by atoms with van der Waals surface area (Å²) >= 11 is 0. The lowest BCUT2D eigenvalue weighted by molar-refractivity contribution is -0.870. The highest BCUT2D eigenvalue weighted by molar-refractivity contribution is 7.45. The highest BCUT2D eigenvalue weighted by atomic mass is 31.2. The van der Waals surface area contributed by atoms with E-state index in [0.29, 0.717) is 23.9 Å². The number of aliphatic hydroxyl groups excluding tert-OH is 1. The molecule has 0 aromatic heterocycles. The Morgan fingerprint density at radius 3 is 1.51 bits per heavy atom. The molecule has 0 spiro atoms. The summed E-state index contributed by atoms with van der Waals surface area (Å²) in [7, 11) is 1.29. The van der Waals surface area contributed by atoms with Crippen molar-refractivity contribution < 1.29 is 32.9 Å². The second kappa shape index (κ2) is 41.3. The smallest absolute Gasteiger partial charge is 0.268 e. The summed E-state index contributed by atoms with van der Waals surface area (Å²) in [6.07, 6.45) is 55.0. The predicted octanol–water partition coefficient (Wildman–Crippen LogP) is 12.9. The van der Waals surface area contributed by atoms with Crippen molar-refractivity contribution in [3.05, 3.63) is 72.9 Å². The molecule has 9 heteroatoms. The molecular formula is C50H91N2O6P. The largest absolute Gasteiger partial charge is 0.756 e. The highest BCUT2D eigenvalue weighted by Crippen LogP contribution is 2.38. The first-order chi connectivity index (χ1) is 28.5. The number of likely N-dealkylation sites (N-methyl/N-ethyl adjacent to an activating group) is 1. The number of nitrogens with one attached hydrogen (secondary N) is 1. The summed E-state index contributed by atoms with van der Waals surface area (Å²) in [5, 5.41) is 13.8. The number of allylic oxidation sites excluding steroid dienone is 12. The van der Waals surface area contributed by atoms with Gasteiger partial charge >= 0.3 is 0 Å². The van der Waals surface area contributed by atoms with Crippen LogP contribution in [0.5, 0.6) is 0 Å². The van der Waals surface area contributed by atoms with Crippen molar-refractivity contribution in [1.29, 1.82) is 0 Å². The van der Waals surface area contributed by atoms with E-state index >= 15 is 0 Å². The van der Waals surface area contributed by atoms with Crippen LogP contribution in [0.2, 0.25) is 0 Å². The number of phosphoric ester groups is 1. The number of unbranched alkanes of at least 4 members (excludes halogenated alkanes) is 17. The van der Waals surface area contributed by atoms with Crippen LogP contribution in [0.3, 0.4) is 0 Å². The molecule has 3 unspecified atom stereocenters. The van der Waals surface area contributed by atoms with E-state index in [9.17, 15) is 19.4 Å². The van der Waals surface area contributed by atoms with Gasteiger partial charge in [0.05, 0.1) is 39.9 Å². The maximum atomic E-state index is 12.8. The van der Waals surface area contributed by atoms with E-state index in [1.807, 2.05) is 21.1 Å². The molecule has 0 aromatic carbocycles. The van der Waals surface area contributed by atoms with Crippen LogP contribution in [-0.4, -0.2) is 68.5 Å². The van der Waals surface area contributed by atoms with Crippen LogP contribution in [0.4, 0.5) is 0 Å². The lowest BCUT2D eigenvalue weighted by atomic mass is 10.0. The first kappa shape index (κ1) is 56.9. The minimum atomic E-state index is -4.56. The Morgan fingerprint density at radius 1 is 0.610 bits per heavy atom. The van der Waals surface area contributed by atoms with Crippen molar-refractivity contribution in [2.45, 2.75) is 199 Å². The Bertz CT molecular complexity index is 1190. The minimum absolute atomic E-state index is 0.00778. The molecule has 1 amide bonds. The van der Waals surface area contributed by atoms with Crippen molar-refractivity contribution in [3.63, 3.8) is 0 Å². The maximum absolute atomic E-state index is 12.8. The second-order valence-electron chi connectivity index (χ2n) is 17.1. The maximum Gasteiger partial charge on any atom is 0.268 e. The monoisotopic (exact) mass is 847 g/mol. The van der Waals surface area contributed by atoms with Gasteiger partial charge in [-0.15, -0.1) is 0 Å². The van der Waals surface area contributed by atoms with Gasteiger partial charge in [-0.3, -0.25) is 9.36 Å². The molecule has 0 heterocycles. The van der Waals surface area contributed by atoms with E-state index in [-0.39, 0.29) is 19.1 Å². The van der Waals surface area contributed by atoms with Crippen molar-refractivity contribution >= 4 is 13.7 Å². The third kappa shape index (κ3) is 43.8. The van der Waals surface area contributed by atoms with Gasteiger partial charge in [-0.1, -0.05) is 189 Å². The highest BCUT2D eigenvalue weighted by Gasteiger charge is 2.24. The molecule has 59 heavy (non-hydrogen) atoms. The van der Waals surface area contributed by atoms with Gasteiger partial charge in [0.25, 0.3) is 7.82 Å². The molecule has 342 valence electrons. The summed E-state index contributed by atoms with van der Waals surface area (Å²) in [6, 6.07) is -0.804. The van der Waals surface area contributed by atoms with Crippen LogP contribution in [0.15, 0.2) is 72.9 Å². The standard InChI is InChI=1S/C50H91N2O6P/c1-6-8-10-12-14-16-17-18-19-20-21-22-23-24-25-26-27-28-29-30-31-32-33-34-35-36-38-40-42-44-50(54)51-48(47-58-59(55,56)57-46-45-52(3,4)5)49(53)43-41-39-37-15-13-11-9-7-2/h8,10,14,16,18-19,21-22,24-25,27-28,48-49,53H,6-7,9,11-13,15,17,20,23,26,29-47H2,1-5H3,(H-,51,54,55,56)/b10-8-,16-14-,19-18-,22-21-,25-24-,28-27-. The molecule has 0 aliphatic heterocycles. The van der Waals surface area contributed by atoms with Crippen LogP contribution in [0.25, 0.3) is 0 Å². The number of hydrogen-bond acceptors (Lipinski definition) is 6. The molecule has 0 saturated heterocycles. The Morgan fingerprint density at radius 2 is 1.03 bits per heavy atom. The van der Waals surface area contributed by atoms with E-state index in [1.54, 1.807) is 0 Å². The zero-order chi connectivity index (χ0) is 43.6. The Balaban J connectivity index is 4.10. The van der Waals surface area contributed by atoms with Crippen molar-refractivity contribution in [1.82, 2.24) is 5.32 Å². The zero-order valence-corrected chi connectivity index (χ0v) is 39.6. The Labute approximate surface area is 364 Å². The quantitative estimate of drug-likeness (QED) is 0.0274. The number of rotatable bonds is 42. The molecule has 0 saturated carbocycles. The summed E-state index contributed by atoms with van der Waals surface area (Å²) in [6.45, 7) is 4.55. The third-order valence-corrected chi connectivity index (χ3v) is 11.2. The topological polar surface area (TPSA) is 108 Å². The third-order valence-electron chi connectivity index (χ3n) is 10.2. The molecule has 3 atom stereocenters. The summed E-state index contributed by atoms with van der Waals surface area (Å²) in [5.41, 5.74) is 0. The summed E-state index contributed by atoms with van der Waals surface area (Å²) in [4.78, 5) is 25.3. The van der Waals surface area contributed by atoms with Crippen molar-refractivity contribution in [2.24, 2.45) is 0 Å². The van der Waals surface area contributed by atoms with Gasteiger partial charge < -0.3 is 28.8 Å². The molecule has 0 rings (SSSR count). The number of amides is 1. The van der Waals surface area contributed by atoms with Gasteiger partial charge in [0.1, 0.15) is 13.2 Å². The lowest BCUT2D eigenvalue weighted by Crippen LogP contribution is -2.46. The SMILES string of the molecule is CC/C=C\C/C=C\C/C=C\C/C=C\C/C=C\C/C=C\CCCCCCCCCCCCC(=O)NC(COP(=O)([O-])OCC[N+](C)(C)C)C(O)CCCCCCCCCC. The number of carbonyl (C=O) groups excluding carboxylic acids is 1. The summed E-state index contributed by atoms with van der Waals surface area (Å²) in [5.74, 6) is -0.177. The number of carbonyl (C=O) groups is 1. The van der Waals surface area contributed by atoms with Gasteiger partial charge in [0.15, 0.2) is 0 Å². The van der Waals surface area contributed by atoms with E-state index in [0.717, 1.165) is 83.5 Å². The summed E-state index contributed by atoms with van der Waals surface area (Å²) < 4.78 is 23.2. The fourth-order valence-electron chi connectivity index (χ4n) is 6.45. The first-order valence-electron chi connectivity index (χ1n) is 23.8. The fourth-order valence-corrected chi connectivity index (χ4v) is 7.18. The molecular weight excluding hydrogens is 756 g/mol. The minimum Gasteiger partial charge on any atom is -0.756 e. The van der Waals surface area contributed by atoms with Crippen molar-refractivity contribution in [3.8, 4) is 0 Å². The molecule has 0 aliphatic rings. The van der Waals surface area contributed by atoms with E-state index in [4.69, 9.17) is 9.05 Å². The fraction of sp³-hybridized carbons (Fsp3) is 0.740. The number of aliphatic hydroxyl groups is 1. The first-order valence-corrected chi connectivity index (χ1v) is 25.2. The van der Waals surface area contributed by atoms with Crippen molar-refractivity contribution in [2.75, 3.05) is 40.9 Å². The van der Waals surface area contributed by atoms with Crippen LogP contribution in [-0.2, 0) is 18.4 Å².